The second kappa shape index (κ2) is 9.18. The molecule has 0 bridgehead atoms. The Bertz CT molecular complexity index is 1800. The van der Waals surface area contributed by atoms with Crippen molar-refractivity contribution in [3.05, 3.63) is 66.0 Å². The van der Waals surface area contributed by atoms with Gasteiger partial charge in [0.2, 0.25) is 14.9 Å². The van der Waals surface area contributed by atoms with E-state index in [9.17, 15) is 8.42 Å². The van der Waals surface area contributed by atoms with Crippen molar-refractivity contribution in [3.63, 3.8) is 0 Å². The molecule has 3 unspecified atom stereocenters. The van der Waals surface area contributed by atoms with Gasteiger partial charge >= 0.3 is 0 Å². The smallest absolute Gasteiger partial charge is 0.228 e. The van der Waals surface area contributed by atoms with Crippen LogP contribution in [0.4, 0.5) is 5.82 Å². The third-order valence-corrected chi connectivity index (χ3v) is 9.16. The van der Waals surface area contributed by atoms with Crippen LogP contribution < -0.4 is 5.32 Å². The molecule has 0 radical (unpaired) electrons. The van der Waals surface area contributed by atoms with E-state index < -0.39 is 9.84 Å². The number of sulfone groups is 1. The van der Waals surface area contributed by atoms with Gasteiger partial charge in [-0.1, -0.05) is 31.5 Å². The lowest BCUT2D eigenvalue weighted by molar-refractivity contribution is 0.450. The fraction of sp³-hybridized carbons (Fsp3) is 0.308. The molecule has 1 aliphatic rings. The highest BCUT2D eigenvalue weighted by Gasteiger charge is 2.38. The first-order chi connectivity index (χ1) is 18.4. The molecular weight excluding hydrogens is 502 g/mol. The SMILES string of the molecule is CCC1CC(Nc2cnc(C#N)cn2)CC1c1nnc2c(S(=O)(=O)c3ccccc3C)nc3[nH]ccc3n12. The first kappa shape index (κ1) is 24.0. The normalized spacial score (nSPS) is 19.7. The highest BCUT2D eigenvalue weighted by atomic mass is 32.2. The van der Waals surface area contributed by atoms with Crippen LogP contribution in [0.15, 0.2) is 58.8 Å². The van der Waals surface area contributed by atoms with E-state index in [-0.39, 0.29) is 33.2 Å². The van der Waals surface area contributed by atoms with E-state index in [1.54, 1.807) is 43.6 Å². The van der Waals surface area contributed by atoms with Gasteiger partial charge in [0, 0.05) is 18.2 Å². The average Bonchev–Trinajstić information content (AvgIpc) is 3.66. The van der Waals surface area contributed by atoms with Gasteiger partial charge in [0.05, 0.1) is 22.8 Å². The summed E-state index contributed by atoms with van der Waals surface area (Å²) in [6.07, 6.45) is 7.32. The maximum atomic E-state index is 13.8. The van der Waals surface area contributed by atoms with Crippen molar-refractivity contribution >= 4 is 32.5 Å². The predicted octanol–water partition coefficient (Wildman–Crippen LogP) is 3.79. The number of benzene rings is 1. The predicted molar refractivity (Wildman–Crippen MR) is 139 cm³/mol. The van der Waals surface area contributed by atoms with Crippen LogP contribution >= 0.6 is 0 Å². The van der Waals surface area contributed by atoms with Gasteiger partial charge in [0.1, 0.15) is 17.7 Å². The summed E-state index contributed by atoms with van der Waals surface area (Å²) in [4.78, 5) is 16.2. The first-order valence-corrected chi connectivity index (χ1v) is 13.9. The number of aromatic nitrogens is 7. The molecule has 4 heterocycles. The van der Waals surface area contributed by atoms with E-state index in [0.29, 0.717) is 22.9 Å². The zero-order chi connectivity index (χ0) is 26.4. The van der Waals surface area contributed by atoms with Crippen LogP contribution in [0.2, 0.25) is 0 Å². The van der Waals surface area contributed by atoms with Crippen LogP contribution in [0, 0.1) is 24.2 Å². The molecule has 0 aliphatic heterocycles. The number of fused-ring (bicyclic) bond motifs is 3. The zero-order valence-corrected chi connectivity index (χ0v) is 21.6. The fourth-order valence-electron chi connectivity index (χ4n) is 5.51. The highest BCUT2D eigenvalue weighted by Crippen LogP contribution is 2.43. The molecule has 2 N–H and O–H groups in total. The minimum Gasteiger partial charge on any atom is -0.366 e. The average molecular weight is 528 g/mol. The maximum absolute atomic E-state index is 13.8. The molecule has 3 atom stereocenters. The minimum atomic E-state index is -3.96. The molecule has 5 aromatic rings. The number of aromatic amines is 1. The number of rotatable bonds is 6. The molecule has 1 fully saturated rings. The van der Waals surface area contributed by atoms with Gasteiger partial charge in [-0.05, 0) is 43.4 Å². The molecule has 12 heteroatoms. The van der Waals surface area contributed by atoms with E-state index in [1.807, 2.05) is 16.5 Å². The van der Waals surface area contributed by atoms with Crippen LogP contribution in [0.5, 0.6) is 0 Å². The molecule has 1 saturated carbocycles. The highest BCUT2D eigenvalue weighted by molar-refractivity contribution is 7.91. The fourth-order valence-corrected chi connectivity index (χ4v) is 7.05. The van der Waals surface area contributed by atoms with Crippen molar-refractivity contribution in [2.45, 2.75) is 55.0 Å². The molecule has 1 aromatic carbocycles. The second-order valence-corrected chi connectivity index (χ2v) is 11.4. The molecule has 0 spiro atoms. The Labute approximate surface area is 218 Å². The molecule has 0 amide bonds. The van der Waals surface area contributed by atoms with Crippen molar-refractivity contribution in [1.82, 2.24) is 34.5 Å². The summed E-state index contributed by atoms with van der Waals surface area (Å²) in [6.45, 7) is 3.91. The zero-order valence-electron chi connectivity index (χ0n) is 20.8. The molecule has 192 valence electrons. The van der Waals surface area contributed by atoms with Gasteiger partial charge in [-0.3, -0.25) is 4.40 Å². The summed E-state index contributed by atoms with van der Waals surface area (Å²) in [5.74, 6) is 1.66. The van der Waals surface area contributed by atoms with Gasteiger partial charge in [-0.25, -0.2) is 23.4 Å². The van der Waals surface area contributed by atoms with E-state index in [1.165, 1.54) is 6.20 Å². The first-order valence-electron chi connectivity index (χ1n) is 12.4. The molecular formula is C26H25N9O2S. The van der Waals surface area contributed by atoms with Gasteiger partial charge < -0.3 is 10.3 Å². The van der Waals surface area contributed by atoms with Gasteiger partial charge in [0.25, 0.3) is 0 Å². The van der Waals surface area contributed by atoms with Crippen molar-refractivity contribution in [2.75, 3.05) is 5.32 Å². The number of hydrogen-bond acceptors (Lipinski definition) is 9. The van der Waals surface area contributed by atoms with Gasteiger partial charge in [0.15, 0.2) is 17.0 Å². The van der Waals surface area contributed by atoms with Crippen LogP contribution in [0.1, 0.15) is 49.2 Å². The van der Waals surface area contributed by atoms with E-state index >= 15 is 0 Å². The lowest BCUT2D eigenvalue weighted by Gasteiger charge is -2.16. The summed E-state index contributed by atoms with van der Waals surface area (Å²) in [5.41, 5.74) is 2.31. The van der Waals surface area contributed by atoms with Gasteiger partial charge in [-0.15, -0.1) is 10.2 Å². The van der Waals surface area contributed by atoms with Crippen LogP contribution in [0.25, 0.3) is 16.8 Å². The number of nitriles is 1. The lowest BCUT2D eigenvalue weighted by Crippen LogP contribution is -2.17. The Morgan fingerprint density at radius 3 is 2.74 bits per heavy atom. The van der Waals surface area contributed by atoms with Crippen molar-refractivity contribution in [3.8, 4) is 6.07 Å². The number of hydrogen-bond donors (Lipinski definition) is 2. The molecule has 0 saturated heterocycles. The summed E-state index contributed by atoms with van der Waals surface area (Å²) in [6, 6.07) is 10.8. The Balaban J connectivity index is 1.43. The number of H-pyrrole nitrogens is 1. The summed E-state index contributed by atoms with van der Waals surface area (Å²) in [5, 5.41) is 21.3. The Morgan fingerprint density at radius 2 is 2.00 bits per heavy atom. The van der Waals surface area contributed by atoms with Crippen molar-refractivity contribution in [1.29, 1.82) is 5.26 Å². The van der Waals surface area contributed by atoms with Crippen LogP contribution in [0.3, 0.4) is 0 Å². The second-order valence-electron chi connectivity index (χ2n) is 9.60. The Morgan fingerprint density at radius 1 is 1.16 bits per heavy atom. The summed E-state index contributed by atoms with van der Waals surface area (Å²) >= 11 is 0. The number of anilines is 1. The monoisotopic (exact) mass is 527 g/mol. The number of nitrogens with one attached hydrogen (secondary N) is 2. The molecule has 4 aromatic heterocycles. The largest absolute Gasteiger partial charge is 0.366 e. The Kier molecular flexibility index (Phi) is 5.80. The lowest BCUT2D eigenvalue weighted by atomic mass is 9.93. The van der Waals surface area contributed by atoms with E-state index in [0.717, 1.165) is 30.6 Å². The summed E-state index contributed by atoms with van der Waals surface area (Å²) < 4.78 is 29.4. The van der Waals surface area contributed by atoms with Crippen LogP contribution in [-0.2, 0) is 9.84 Å². The van der Waals surface area contributed by atoms with Crippen molar-refractivity contribution < 1.29 is 8.42 Å². The molecule has 6 rings (SSSR count). The standard InChI is InChI=1S/C26H25N9O2S/c1-3-16-10-17(31-22-14-29-18(12-27)13-30-22)11-19(16)24-33-34-25-26(32-23-20(35(24)25)8-9-28-23)38(36,37)21-7-5-4-6-15(21)2/h4-9,13-14,16-17,19,28H,3,10-11H2,1-2H3,(H,30,31). The number of aryl methyl sites for hydroxylation is 1. The van der Waals surface area contributed by atoms with Crippen molar-refractivity contribution in [2.24, 2.45) is 5.92 Å². The van der Waals surface area contributed by atoms with Gasteiger partial charge in [-0.2, -0.15) is 5.26 Å². The molecule has 11 nitrogen and oxygen atoms in total. The molecule has 1 aliphatic carbocycles. The molecule has 38 heavy (non-hydrogen) atoms. The maximum Gasteiger partial charge on any atom is 0.228 e. The topological polar surface area (TPSA) is 155 Å². The van der Waals surface area contributed by atoms with E-state index in [2.05, 4.69) is 42.4 Å². The number of nitrogens with zero attached hydrogens (tertiary/aromatic N) is 7. The third kappa shape index (κ3) is 3.86. The van der Waals surface area contributed by atoms with Crippen LogP contribution in [-0.4, -0.2) is 49.0 Å². The Hall–Kier alpha value is -4.37. The third-order valence-electron chi connectivity index (χ3n) is 7.34. The quantitative estimate of drug-likeness (QED) is 0.335. The van der Waals surface area contributed by atoms with E-state index in [4.69, 9.17) is 5.26 Å². The minimum absolute atomic E-state index is 0.0355. The summed E-state index contributed by atoms with van der Waals surface area (Å²) in [7, 11) is -3.96.